The van der Waals surface area contributed by atoms with E-state index in [2.05, 4.69) is 15.4 Å². The molecular weight excluding hydrogens is 374 g/mol. The quantitative estimate of drug-likeness (QED) is 0.757. The Labute approximate surface area is 159 Å². The summed E-state index contributed by atoms with van der Waals surface area (Å²) >= 11 is 0. The molecule has 1 atom stereocenters. The molecule has 1 aliphatic heterocycles. The number of methoxy groups -OCH3 is 1. The fourth-order valence-electron chi connectivity index (χ4n) is 2.68. The highest BCUT2D eigenvalue weighted by atomic mass is 19.3. The first-order valence-electron chi connectivity index (χ1n) is 8.41. The number of alkyl halides is 2. The van der Waals surface area contributed by atoms with Gasteiger partial charge < -0.3 is 24.8 Å². The van der Waals surface area contributed by atoms with Gasteiger partial charge in [0, 0.05) is 6.54 Å². The molecule has 28 heavy (non-hydrogen) atoms. The normalized spacial score (nSPS) is 15.3. The SMILES string of the molecule is COc1cc(CNC(=O)C[C@H]2Oc3ccccc3NC2=O)ccc1OC(F)F. The Morgan fingerprint density at radius 3 is 2.79 bits per heavy atom. The van der Waals surface area contributed by atoms with Crippen molar-refractivity contribution in [3.8, 4) is 17.2 Å². The predicted molar refractivity (Wildman–Crippen MR) is 95.6 cm³/mol. The van der Waals surface area contributed by atoms with Crippen LogP contribution in [0, 0.1) is 0 Å². The van der Waals surface area contributed by atoms with E-state index in [1.807, 2.05) is 0 Å². The summed E-state index contributed by atoms with van der Waals surface area (Å²) < 4.78 is 39.7. The summed E-state index contributed by atoms with van der Waals surface area (Å²) in [5, 5.41) is 5.35. The van der Waals surface area contributed by atoms with Gasteiger partial charge in [-0.25, -0.2) is 0 Å². The standard InChI is InChI=1S/C19H18F2N2O5/c1-26-15-8-11(6-7-14(15)28-19(20)21)10-22-17(24)9-16-18(25)23-12-4-2-3-5-13(12)27-16/h2-8,16,19H,9-10H2,1H3,(H,22,24)(H,23,25)/t16-/m1/s1. The fraction of sp³-hybridized carbons (Fsp3) is 0.263. The summed E-state index contributed by atoms with van der Waals surface area (Å²) in [7, 11) is 1.33. The maximum atomic E-state index is 12.4. The average molecular weight is 392 g/mol. The van der Waals surface area contributed by atoms with Gasteiger partial charge in [-0.3, -0.25) is 9.59 Å². The third-order valence-electron chi connectivity index (χ3n) is 4.01. The zero-order chi connectivity index (χ0) is 20.1. The number of para-hydroxylation sites is 2. The lowest BCUT2D eigenvalue weighted by Gasteiger charge is -2.25. The van der Waals surface area contributed by atoms with Gasteiger partial charge in [0.25, 0.3) is 5.91 Å². The van der Waals surface area contributed by atoms with Crippen LogP contribution in [-0.2, 0) is 16.1 Å². The summed E-state index contributed by atoms with van der Waals surface area (Å²) in [5.74, 6) is -0.271. The molecular formula is C19H18F2N2O5. The predicted octanol–water partition coefficient (Wildman–Crippen LogP) is 2.70. The van der Waals surface area contributed by atoms with Crippen molar-refractivity contribution in [2.24, 2.45) is 0 Å². The van der Waals surface area contributed by atoms with Crippen LogP contribution in [-0.4, -0.2) is 31.6 Å². The minimum Gasteiger partial charge on any atom is -0.493 e. The molecule has 1 heterocycles. The van der Waals surface area contributed by atoms with Gasteiger partial charge in [0.15, 0.2) is 17.6 Å². The van der Waals surface area contributed by atoms with Crippen LogP contribution in [0.2, 0.25) is 0 Å². The highest BCUT2D eigenvalue weighted by Crippen LogP contribution is 2.30. The van der Waals surface area contributed by atoms with E-state index in [0.29, 0.717) is 17.0 Å². The van der Waals surface area contributed by atoms with E-state index < -0.39 is 24.5 Å². The van der Waals surface area contributed by atoms with Crippen LogP contribution in [0.25, 0.3) is 0 Å². The van der Waals surface area contributed by atoms with Crippen molar-refractivity contribution in [1.29, 1.82) is 0 Å². The fourth-order valence-corrected chi connectivity index (χ4v) is 2.68. The molecule has 0 bridgehead atoms. The number of hydrogen-bond acceptors (Lipinski definition) is 5. The molecule has 2 N–H and O–H groups in total. The van der Waals surface area contributed by atoms with Crippen LogP contribution in [0.5, 0.6) is 17.2 Å². The van der Waals surface area contributed by atoms with Gasteiger partial charge in [0.2, 0.25) is 5.91 Å². The van der Waals surface area contributed by atoms with Gasteiger partial charge >= 0.3 is 6.61 Å². The number of carbonyl (C=O) groups is 2. The third kappa shape index (κ3) is 4.67. The zero-order valence-corrected chi connectivity index (χ0v) is 14.9. The first-order valence-corrected chi connectivity index (χ1v) is 8.41. The number of ether oxygens (including phenoxy) is 3. The minimum absolute atomic E-state index is 0.0986. The molecule has 3 rings (SSSR count). The van der Waals surface area contributed by atoms with Crippen molar-refractivity contribution in [3.63, 3.8) is 0 Å². The molecule has 2 aromatic rings. The summed E-state index contributed by atoms with van der Waals surface area (Å²) in [6, 6.07) is 11.3. The van der Waals surface area contributed by atoms with E-state index >= 15 is 0 Å². The van der Waals surface area contributed by atoms with Crippen molar-refractivity contribution >= 4 is 17.5 Å². The van der Waals surface area contributed by atoms with Crippen LogP contribution in [0.3, 0.4) is 0 Å². The Morgan fingerprint density at radius 2 is 2.04 bits per heavy atom. The summed E-state index contributed by atoms with van der Waals surface area (Å²) in [6.45, 7) is -2.85. The van der Waals surface area contributed by atoms with Gasteiger partial charge in [-0.2, -0.15) is 8.78 Å². The number of amides is 2. The molecule has 0 radical (unpaired) electrons. The van der Waals surface area contributed by atoms with E-state index in [-0.39, 0.29) is 24.5 Å². The summed E-state index contributed by atoms with van der Waals surface area (Å²) in [5.41, 5.74) is 1.17. The molecule has 7 nitrogen and oxygen atoms in total. The number of rotatable bonds is 7. The Balaban J connectivity index is 1.56. The molecule has 0 aliphatic carbocycles. The first kappa shape index (κ1) is 19.4. The van der Waals surface area contributed by atoms with Crippen molar-refractivity contribution in [2.45, 2.75) is 25.7 Å². The molecule has 148 valence electrons. The molecule has 9 heteroatoms. The topological polar surface area (TPSA) is 85.9 Å². The highest BCUT2D eigenvalue weighted by Gasteiger charge is 2.29. The minimum atomic E-state index is -2.97. The maximum absolute atomic E-state index is 12.4. The van der Waals surface area contributed by atoms with E-state index in [1.165, 1.54) is 25.3 Å². The monoisotopic (exact) mass is 392 g/mol. The molecule has 0 fully saturated rings. The van der Waals surface area contributed by atoms with Crippen molar-refractivity contribution < 1.29 is 32.6 Å². The van der Waals surface area contributed by atoms with E-state index in [1.54, 1.807) is 24.3 Å². The largest absolute Gasteiger partial charge is 0.493 e. The number of carbonyl (C=O) groups excluding carboxylic acids is 2. The van der Waals surface area contributed by atoms with E-state index in [4.69, 9.17) is 9.47 Å². The third-order valence-corrected chi connectivity index (χ3v) is 4.01. The molecule has 0 saturated heterocycles. The summed E-state index contributed by atoms with van der Waals surface area (Å²) in [6.07, 6.45) is -1.10. The van der Waals surface area contributed by atoms with Crippen molar-refractivity contribution in [3.05, 3.63) is 48.0 Å². The van der Waals surface area contributed by atoms with Gasteiger partial charge in [-0.15, -0.1) is 0 Å². The first-order chi connectivity index (χ1) is 13.5. The van der Waals surface area contributed by atoms with Gasteiger partial charge in [-0.05, 0) is 29.8 Å². The second-order valence-corrected chi connectivity index (χ2v) is 5.94. The molecule has 0 unspecified atom stereocenters. The molecule has 0 spiro atoms. The summed E-state index contributed by atoms with van der Waals surface area (Å²) in [4.78, 5) is 24.3. The molecule has 2 aromatic carbocycles. The highest BCUT2D eigenvalue weighted by molar-refractivity contribution is 5.99. The van der Waals surface area contributed by atoms with Gasteiger partial charge in [0.1, 0.15) is 5.75 Å². The van der Waals surface area contributed by atoms with Crippen LogP contribution >= 0.6 is 0 Å². The molecule has 1 aliphatic rings. The Kier molecular flexibility index (Phi) is 5.93. The lowest BCUT2D eigenvalue weighted by atomic mass is 10.1. The number of hydrogen-bond donors (Lipinski definition) is 2. The number of benzene rings is 2. The van der Waals surface area contributed by atoms with Crippen molar-refractivity contribution in [2.75, 3.05) is 12.4 Å². The number of nitrogens with one attached hydrogen (secondary N) is 2. The lowest BCUT2D eigenvalue weighted by molar-refractivity contribution is -0.130. The molecule has 2 amide bonds. The van der Waals surface area contributed by atoms with E-state index in [0.717, 1.165) is 0 Å². The van der Waals surface area contributed by atoms with Crippen LogP contribution < -0.4 is 24.8 Å². The second kappa shape index (κ2) is 8.55. The van der Waals surface area contributed by atoms with Crippen LogP contribution in [0.4, 0.5) is 14.5 Å². The zero-order valence-electron chi connectivity index (χ0n) is 14.9. The van der Waals surface area contributed by atoms with Crippen LogP contribution in [0.15, 0.2) is 42.5 Å². The average Bonchev–Trinajstić information content (AvgIpc) is 2.67. The number of halogens is 2. The Morgan fingerprint density at radius 1 is 1.25 bits per heavy atom. The van der Waals surface area contributed by atoms with Crippen molar-refractivity contribution in [1.82, 2.24) is 5.32 Å². The molecule has 0 aromatic heterocycles. The van der Waals surface area contributed by atoms with E-state index in [9.17, 15) is 18.4 Å². The Hall–Kier alpha value is -3.36. The van der Waals surface area contributed by atoms with Gasteiger partial charge in [-0.1, -0.05) is 18.2 Å². The number of anilines is 1. The van der Waals surface area contributed by atoms with Gasteiger partial charge in [0.05, 0.1) is 19.2 Å². The Bertz CT molecular complexity index is 875. The second-order valence-electron chi connectivity index (χ2n) is 5.94. The molecule has 0 saturated carbocycles. The smallest absolute Gasteiger partial charge is 0.387 e. The maximum Gasteiger partial charge on any atom is 0.387 e. The van der Waals surface area contributed by atoms with Crippen LogP contribution in [0.1, 0.15) is 12.0 Å². The lowest BCUT2D eigenvalue weighted by Crippen LogP contribution is -2.40. The number of fused-ring (bicyclic) bond motifs is 1.